The molecule has 0 saturated heterocycles. The van der Waals surface area contributed by atoms with E-state index in [0.29, 0.717) is 5.69 Å². The van der Waals surface area contributed by atoms with E-state index in [1.165, 1.54) is 25.0 Å². The zero-order valence-corrected chi connectivity index (χ0v) is 11.9. The van der Waals surface area contributed by atoms with Crippen LogP contribution in [0.4, 0.5) is 10.1 Å². The smallest absolute Gasteiger partial charge is 0.326 e. The first-order valence-electron chi connectivity index (χ1n) is 7.33. The third-order valence-electron chi connectivity index (χ3n) is 4.00. The molecule has 3 nitrogen and oxygen atoms in total. The number of rotatable bonds is 4. The molecule has 1 aliphatic rings. The molecule has 0 aliphatic heterocycles. The van der Waals surface area contributed by atoms with Crippen molar-refractivity contribution in [1.29, 1.82) is 0 Å². The quantitative estimate of drug-likeness (QED) is 0.820. The maximum atomic E-state index is 13.4. The van der Waals surface area contributed by atoms with Crippen molar-refractivity contribution in [3.63, 3.8) is 0 Å². The number of aryl methyl sites for hydroxylation is 1. The Labute approximate surface area is 119 Å². The molecule has 0 amide bonds. The average Bonchev–Trinajstić information content (AvgIpc) is 2.63. The summed E-state index contributed by atoms with van der Waals surface area (Å²) in [5, 5.41) is 12.5. The number of carbonyl (C=O) groups is 1. The number of hydrogen-bond donors (Lipinski definition) is 2. The fraction of sp³-hybridized carbons (Fsp3) is 0.562. The molecule has 0 radical (unpaired) electrons. The lowest BCUT2D eigenvalue weighted by atomic mass is 9.91. The van der Waals surface area contributed by atoms with Crippen LogP contribution in [0.1, 0.15) is 44.1 Å². The summed E-state index contributed by atoms with van der Waals surface area (Å²) in [6.45, 7) is 1.80. The molecule has 110 valence electrons. The van der Waals surface area contributed by atoms with Gasteiger partial charge in [0.1, 0.15) is 11.9 Å². The Hall–Kier alpha value is -1.58. The first-order valence-corrected chi connectivity index (χ1v) is 7.33. The summed E-state index contributed by atoms with van der Waals surface area (Å²) in [4.78, 5) is 11.5. The van der Waals surface area contributed by atoms with Crippen molar-refractivity contribution in [2.45, 2.75) is 51.5 Å². The number of nitrogens with one attached hydrogen (secondary N) is 1. The molecule has 20 heavy (non-hydrogen) atoms. The predicted molar refractivity (Wildman–Crippen MR) is 77.4 cm³/mol. The highest BCUT2D eigenvalue weighted by atomic mass is 19.1. The minimum Gasteiger partial charge on any atom is -0.480 e. The van der Waals surface area contributed by atoms with E-state index in [1.54, 1.807) is 13.0 Å². The molecule has 0 heterocycles. The van der Waals surface area contributed by atoms with Crippen LogP contribution in [0.3, 0.4) is 0 Å². The van der Waals surface area contributed by atoms with Crippen molar-refractivity contribution in [3.05, 3.63) is 29.6 Å². The fourth-order valence-electron chi connectivity index (χ4n) is 3.02. The van der Waals surface area contributed by atoms with E-state index in [-0.39, 0.29) is 11.7 Å². The van der Waals surface area contributed by atoms with E-state index >= 15 is 0 Å². The summed E-state index contributed by atoms with van der Waals surface area (Å²) in [6.07, 6.45) is 6.39. The summed E-state index contributed by atoms with van der Waals surface area (Å²) < 4.78 is 13.4. The molecular weight excluding hydrogens is 257 g/mol. The van der Waals surface area contributed by atoms with Crippen LogP contribution in [0.25, 0.3) is 0 Å². The molecule has 4 heteroatoms. The zero-order valence-electron chi connectivity index (χ0n) is 11.9. The molecule has 2 rings (SSSR count). The highest BCUT2D eigenvalue weighted by Crippen LogP contribution is 2.28. The van der Waals surface area contributed by atoms with Gasteiger partial charge in [-0.1, -0.05) is 25.7 Å². The first kappa shape index (κ1) is 14.8. The van der Waals surface area contributed by atoms with Gasteiger partial charge in [0.05, 0.1) is 0 Å². The highest BCUT2D eigenvalue weighted by Gasteiger charge is 2.28. The Kier molecular flexibility index (Phi) is 4.99. The van der Waals surface area contributed by atoms with Crippen LogP contribution in [0, 0.1) is 18.7 Å². The molecule has 0 bridgehead atoms. The Bertz CT molecular complexity index is 447. The Morgan fingerprint density at radius 2 is 1.90 bits per heavy atom. The van der Waals surface area contributed by atoms with Crippen molar-refractivity contribution in [2.75, 3.05) is 5.32 Å². The lowest BCUT2D eigenvalue weighted by Crippen LogP contribution is -2.36. The number of carboxylic acids is 1. The van der Waals surface area contributed by atoms with E-state index in [4.69, 9.17) is 0 Å². The minimum atomic E-state index is -0.848. The van der Waals surface area contributed by atoms with Crippen molar-refractivity contribution in [2.24, 2.45) is 5.92 Å². The molecule has 1 saturated carbocycles. The number of benzene rings is 1. The van der Waals surface area contributed by atoms with Gasteiger partial charge in [-0.2, -0.15) is 0 Å². The Morgan fingerprint density at radius 1 is 1.25 bits per heavy atom. The van der Waals surface area contributed by atoms with Crippen LogP contribution < -0.4 is 5.32 Å². The zero-order chi connectivity index (χ0) is 14.5. The number of aliphatic carboxylic acids is 1. The van der Waals surface area contributed by atoms with Crippen molar-refractivity contribution >= 4 is 11.7 Å². The number of hydrogen-bond acceptors (Lipinski definition) is 2. The van der Waals surface area contributed by atoms with Gasteiger partial charge in [0.15, 0.2) is 0 Å². The predicted octanol–water partition coefficient (Wildman–Crippen LogP) is 3.97. The van der Waals surface area contributed by atoms with E-state index in [1.807, 2.05) is 0 Å². The van der Waals surface area contributed by atoms with Crippen molar-refractivity contribution in [1.82, 2.24) is 0 Å². The SMILES string of the molecule is Cc1cc(F)cc(NC(C(=O)O)C2CCCCCC2)c1. The summed E-state index contributed by atoms with van der Waals surface area (Å²) in [5.74, 6) is -1.06. The topological polar surface area (TPSA) is 49.3 Å². The van der Waals surface area contributed by atoms with E-state index in [2.05, 4.69) is 5.32 Å². The van der Waals surface area contributed by atoms with Gasteiger partial charge in [0, 0.05) is 5.69 Å². The molecule has 1 atom stereocenters. The van der Waals surface area contributed by atoms with Crippen LogP contribution in [-0.4, -0.2) is 17.1 Å². The molecule has 1 fully saturated rings. The van der Waals surface area contributed by atoms with Gasteiger partial charge in [0.2, 0.25) is 0 Å². The van der Waals surface area contributed by atoms with Gasteiger partial charge in [0.25, 0.3) is 0 Å². The summed E-state index contributed by atoms with van der Waals surface area (Å²) in [7, 11) is 0. The minimum absolute atomic E-state index is 0.124. The van der Waals surface area contributed by atoms with Gasteiger partial charge in [-0.25, -0.2) is 9.18 Å². The summed E-state index contributed by atoms with van der Waals surface area (Å²) >= 11 is 0. The van der Waals surface area contributed by atoms with Crippen LogP contribution in [0.15, 0.2) is 18.2 Å². The van der Waals surface area contributed by atoms with Crippen LogP contribution >= 0.6 is 0 Å². The number of anilines is 1. The van der Waals surface area contributed by atoms with Crippen LogP contribution in [0.5, 0.6) is 0 Å². The molecule has 1 aromatic rings. The van der Waals surface area contributed by atoms with Crippen molar-refractivity contribution < 1.29 is 14.3 Å². The lowest BCUT2D eigenvalue weighted by molar-refractivity contribution is -0.139. The van der Waals surface area contributed by atoms with Gasteiger partial charge >= 0.3 is 5.97 Å². The average molecular weight is 279 g/mol. The maximum Gasteiger partial charge on any atom is 0.326 e. The van der Waals surface area contributed by atoms with E-state index < -0.39 is 12.0 Å². The number of halogens is 1. The molecule has 1 aromatic carbocycles. The highest BCUT2D eigenvalue weighted by molar-refractivity contribution is 5.77. The second-order valence-corrected chi connectivity index (χ2v) is 5.73. The summed E-state index contributed by atoms with van der Waals surface area (Å²) in [6, 6.07) is 3.96. The third-order valence-corrected chi connectivity index (χ3v) is 4.00. The monoisotopic (exact) mass is 279 g/mol. The van der Waals surface area contributed by atoms with Gasteiger partial charge in [-0.05, 0) is 49.4 Å². The fourth-order valence-corrected chi connectivity index (χ4v) is 3.02. The van der Waals surface area contributed by atoms with E-state index in [9.17, 15) is 14.3 Å². The van der Waals surface area contributed by atoms with Gasteiger partial charge < -0.3 is 10.4 Å². The Balaban J connectivity index is 2.13. The molecular formula is C16H22FNO2. The lowest BCUT2D eigenvalue weighted by Gasteiger charge is -2.24. The largest absolute Gasteiger partial charge is 0.480 e. The normalized spacial score (nSPS) is 18.3. The maximum absolute atomic E-state index is 13.4. The third kappa shape index (κ3) is 3.95. The molecule has 1 unspecified atom stereocenters. The second kappa shape index (κ2) is 6.73. The summed E-state index contributed by atoms with van der Waals surface area (Å²) in [5.41, 5.74) is 1.34. The second-order valence-electron chi connectivity index (χ2n) is 5.73. The standard InChI is InChI=1S/C16H22FNO2/c1-11-8-13(17)10-14(9-11)18-15(16(19)20)12-6-4-2-3-5-7-12/h8-10,12,15,18H,2-7H2,1H3,(H,19,20). The molecule has 1 aliphatic carbocycles. The van der Waals surface area contributed by atoms with Gasteiger partial charge in [-0.15, -0.1) is 0 Å². The number of carboxylic acid groups (broad SMARTS) is 1. The first-order chi connectivity index (χ1) is 9.56. The molecule has 0 spiro atoms. The van der Waals surface area contributed by atoms with Crippen molar-refractivity contribution in [3.8, 4) is 0 Å². The van der Waals surface area contributed by atoms with Crippen LogP contribution in [-0.2, 0) is 4.79 Å². The molecule has 2 N–H and O–H groups in total. The van der Waals surface area contributed by atoms with E-state index in [0.717, 1.165) is 31.2 Å². The van der Waals surface area contributed by atoms with Crippen LogP contribution in [0.2, 0.25) is 0 Å². The Morgan fingerprint density at radius 3 is 2.45 bits per heavy atom. The molecule has 0 aromatic heterocycles. The van der Waals surface area contributed by atoms with Gasteiger partial charge in [-0.3, -0.25) is 0 Å².